The summed E-state index contributed by atoms with van der Waals surface area (Å²) in [4.78, 5) is 0.0107. The first kappa shape index (κ1) is 22.7. The van der Waals surface area contributed by atoms with Gasteiger partial charge in [-0.15, -0.1) is 0 Å². The minimum atomic E-state index is -4.35. The lowest BCUT2D eigenvalue weighted by molar-refractivity contribution is -0.127. The third kappa shape index (κ3) is 4.79. The van der Waals surface area contributed by atoms with Gasteiger partial charge in [-0.1, -0.05) is 54.6 Å². The quantitative estimate of drug-likeness (QED) is 0.328. The summed E-state index contributed by atoms with van der Waals surface area (Å²) in [7, 11) is 1.63. The van der Waals surface area contributed by atoms with Crippen molar-refractivity contribution in [2.75, 3.05) is 5.32 Å². The monoisotopic (exact) mass is 479 g/mol. The highest BCUT2D eigenvalue weighted by Gasteiger charge is 2.32. The molecule has 1 aliphatic carbocycles. The predicted octanol–water partition coefficient (Wildman–Crippen LogP) is 6.33. The highest BCUT2D eigenvalue weighted by atomic mass is 35.7. The number of rotatable bonds is 6. The molecule has 1 N–H and O–H groups in total. The summed E-state index contributed by atoms with van der Waals surface area (Å²) in [6.07, 6.45) is -4.57. The zero-order chi connectivity index (χ0) is 23.1. The van der Waals surface area contributed by atoms with Gasteiger partial charge in [0, 0.05) is 28.8 Å². The highest BCUT2D eigenvalue weighted by Crippen LogP contribution is 2.43. The van der Waals surface area contributed by atoms with Gasteiger partial charge in [0.05, 0.1) is 11.3 Å². The Morgan fingerprint density at radius 3 is 2.38 bits per heavy atom. The maximum atomic E-state index is 13.3. The van der Waals surface area contributed by atoms with Crippen LogP contribution in [0, 0.1) is 0 Å². The first-order valence-electron chi connectivity index (χ1n) is 10.1. The standard InChI is InChI=1S/C24H21ClF3NO2S/c1-15(12-17-7-3-5-9-22(17)32(25,30)31)29-23-18(14-24(26,27)28)10-11-20-19-8-4-2-6-16(19)13-21(20)23/h2-11,15,29H,12-14H2,1H3/t15-/m1/s1. The molecule has 0 amide bonds. The summed E-state index contributed by atoms with van der Waals surface area (Å²) in [6.45, 7) is 1.82. The van der Waals surface area contributed by atoms with Gasteiger partial charge in [-0.2, -0.15) is 13.2 Å². The van der Waals surface area contributed by atoms with Crippen LogP contribution in [-0.4, -0.2) is 20.6 Å². The number of halogens is 4. The first-order chi connectivity index (χ1) is 15.0. The van der Waals surface area contributed by atoms with E-state index in [1.54, 1.807) is 24.3 Å². The largest absolute Gasteiger partial charge is 0.393 e. The van der Waals surface area contributed by atoms with Crippen LogP contribution in [0.25, 0.3) is 11.1 Å². The molecule has 0 heterocycles. The third-order valence-electron chi connectivity index (χ3n) is 5.62. The second-order valence-electron chi connectivity index (χ2n) is 8.05. The van der Waals surface area contributed by atoms with Crippen molar-refractivity contribution in [2.24, 2.45) is 0 Å². The zero-order valence-electron chi connectivity index (χ0n) is 17.2. The molecule has 0 bridgehead atoms. The number of anilines is 1. The van der Waals surface area contributed by atoms with E-state index < -0.39 is 21.6 Å². The van der Waals surface area contributed by atoms with Gasteiger partial charge in [-0.3, -0.25) is 0 Å². The molecule has 3 aromatic rings. The summed E-state index contributed by atoms with van der Waals surface area (Å²) in [5.41, 5.74) is 5.00. The lowest BCUT2D eigenvalue weighted by Crippen LogP contribution is -2.22. The van der Waals surface area contributed by atoms with E-state index >= 15 is 0 Å². The van der Waals surface area contributed by atoms with E-state index in [-0.39, 0.29) is 22.9 Å². The van der Waals surface area contributed by atoms with E-state index in [2.05, 4.69) is 5.32 Å². The Balaban J connectivity index is 1.70. The average molecular weight is 480 g/mol. The summed E-state index contributed by atoms with van der Waals surface area (Å²) < 4.78 is 63.7. The normalized spacial score (nSPS) is 14.0. The van der Waals surface area contributed by atoms with Gasteiger partial charge in [-0.05, 0) is 52.8 Å². The second-order valence-corrected chi connectivity index (χ2v) is 10.6. The number of nitrogens with one attached hydrogen (secondary N) is 1. The summed E-state index contributed by atoms with van der Waals surface area (Å²) >= 11 is 0. The Morgan fingerprint density at radius 1 is 0.969 bits per heavy atom. The number of benzene rings is 3. The second kappa shape index (κ2) is 8.45. The first-order valence-corrected chi connectivity index (χ1v) is 12.4. The topological polar surface area (TPSA) is 46.2 Å². The lowest BCUT2D eigenvalue weighted by atomic mass is 9.97. The molecule has 0 saturated carbocycles. The smallest absolute Gasteiger partial charge is 0.382 e. The van der Waals surface area contributed by atoms with Crippen LogP contribution < -0.4 is 5.32 Å². The van der Waals surface area contributed by atoms with Gasteiger partial charge < -0.3 is 5.32 Å². The average Bonchev–Trinajstić information content (AvgIpc) is 3.07. The van der Waals surface area contributed by atoms with Gasteiger partial charge in [0.15, 0.2) is 0 Å². The van der Waals surface area contributed by atoms with E-state index in [0.29, 0.717) is 17.7 Å². The molecule has 4 rings (SSSR count). The molecule has 0 saturated heterocycles. The van der Waals surface area contributed by atoms with Crippen molar-refractivity contribution in [3.8, 4) is 11.1 Å². The molecule has 0 fully saturated rings. The number of hydrogen-bond acceptors (Lipinski definition) is 3. The fourth-order valence-corrected chi connectivity index (χ4v) is 5.50. The van der Waals surface area contributed by atoms with E-state index in [9.17, 15) is 21.6 Å². The number of hydrogen-bond donors (Lipinski definition) is 1. The molecule has 32 heavy (non-hydrogen) atoms. The van der Waals surface area contributed by atoms with E-state index in [4.69, 9.17) is 10.7 Å². The van der Waals surface area contributed by atoms with Gasteiger partial charge >= 0.3 is 6.18 Å². The number of fused-ring (bicyclic) bond motifs is 3. The van der Waals surface area contributed by atoms with Gasteiger partial charge in [0.25, 0.3) is 9.05 Å². The minimum Gasteiger partial charge on any atom is -0.382 e. The fraction of sp³-hybridized carbons (Fsp3) is 0.250. The Morgan fingerprint density at radius 2 is 1.66 bits per heavy atom. The van der Waals surface area contributed by atoms with E-state index in [0.717, 1.165) is 22.3 Å². The van der Waals surface area contributed by atoms with E-state index in [1.807, 2.05) is 31.2 Å². The molecule has 8 heteroatoms. The van der Waals surface area contributed by atoms with Crippen molar-refractivity contribution in [1.29, 1.82) is 0 Å². The molecule has 0 unspecified atom stereocenters. The Labute approximate surface area is 189 Å². The van der Waals surface area contributed by atoms with Crippen LogP contribution >= 0.6 is 10.7 Å². The van der Waals surface area contributed by atoms with Crippen molar-refractivity contribution in [1.82, 2.24) is 0 Å². The molecule has 0 aliphatic heterocycles. The molecule has 168 valence electrons. The Hall–Kier alpha value is -2.51. The van der Waals surface area contributed by atoms with Crippen molar-refractivity contribution in [3.63, 3.8) is 0 Å². The van der Waals surface area contributed by atoms with Gasteiger partial charge in [0.1, 0.15) is 0 Å². The zero-order valence-corrected chi connectivity index (χ0v) is 18.8. The molecule has 0 radical (unpaired) electrons. The van der Waals surface area contributed by atoms with Gasteiger partial charge in [0.2, 0.25) is 0 Å². The lowest BCUT2D eigenvalue weighted by Gasteiger charge is -2.23. The van der Waals surface area contributed by atoms with Crippen LogP contribution in [0.3, 0.4) is 0 Å². The van der Waals surface area contributed by atoms with Crippen molar-refractivity contribution in [2.45, 2.75) is 43.3 Å². The molecule has 1 aliphatic rings. The van der Waals surface area contributed by atoms with Crippen LogP contribution in [0.5, 0.6) is 0 Å². The SMILES string of the molecule is C[C@H](Cc1ccccc1S(=O)(=O)Cl)Nc1c(CC(F)(F)F)ccc2c1Cc1ccccc1-2. The maximum Gasteiger partial charge on any atom is 0.393 e. The predicted molar refractivity (Wildman–Crippen MR) is 121 cm³/mol. The summed E-state index contributed by atoms with van der Waals surface area (Å²) in [5, 5.41) is 3.26. The molecule has 3 aromatic carbocycles. The van der Waals surface area contributed by atoms with Crippen molar-refractivity contribution < 1.29 is 21.6 Å². The summed E-state index contributed by atoms with van der Waals surface area (Å²) in [5.74, 6) is 0. The maximum absolute atomic E-state index is 13.3. The van der Waals surface area contributed by atoms with Crippen LogP contribution in [-0.2, 0) is 28.3 Å². The molecule has 0 aromatic heterocycles. The van der Waals surface area contributed by atoms with Gasteiger partial charge in [-0.25, -0.2) is 8.42 Å². The molecule has 0 spiro atoms. The fourth-order valence-electron chi connectivity index (χ4n) is 4.34. The summed E-state index contributed by atoms with van der Waals surface area (Å²) in [6, 6.07) is 17.1. The molecule has 1 atom stereocenters. The van der Waals surface area contributed by atoms with E-state index in [1.165, 1.54) is 12.1 Å². The highest BCUT2D eigenvalue weighted by molar-refractivity contribution is 8.13. The van der Waals surface area contributed by atoms with Crippen LogP contribution in [0.4, 0.5) is 18.9 Å². The van der Waals surface area contributed by atoms with Crippen LogP contribution in [0.2, 0.25) is 0 Å². The molecular formula is C24H21ClF3NO2S. The third-order valence-corrected chi connectivity index (χ3v) is 7.04. The van der Waals surface area contributed by atoms with Crippen molar-refractivity contribution in [3.05, 3.63) is 82.9 Å². The van der Waals surface area contributed by atoms with Crippen molar-refractivity contribution >= 4 is 25.4 Å². The Kier molecular flexibility index (Phi) is 5.98. The molecule has 3 nitrogen and oxygen atoms in total. The number of alkyl halides is 3. The Bertz CT molecular complexity index is 1270. The van der Waals surface area contributed by atoms with Crippen LogP contribution in [0.1, 0.15) is 29.2 Å². The minimum absolute atomic E-state index is 0.0107. The molecular weight excluding hydrogens is 459 g/mol. The van der Waals surface area contributed by atoms with Crippen LogP contribution in [0.15, 0.2) is 65.6 Å².